The number of primary amides is 1. The van der Waals surface area contributed by atoms with Gasteiger partial charge in [0.2, 0.25) is 5.91 Å². The molecule has 0 saturated carbocycles. The topological polar surface area (TPSA) is 63.4 Å². The number of rotatable bonds is 3. The first kappa shape index (κ1) is 12.5. The van der Waals surface area contributed by atoms with Crippen LogP contribution in [-0.4, -0.2) is 30.3 Å². The summed E-state index contributed by atoms with van der Waals surface area (Å²) in [5, 5.41) is 0.415. The number of nitrogens with zero attached hydrogens (tertiary/aromatic N) is 1. The predicted octanol–water partition coefficient (Wildman–Crippen LogP) is 1.60. The monoisotopic (exact) mass is 266 g/mol. The minimum absolute atomic E-state index is 0.157. The first-order valence-corrected chi connectivity index (χ1v) is 6.02. The number of fused-ring (bicyclic) bond motifs is 1. The summed E-state index contributed by atoms with van der Waals surface area (Å²) in [5.41, 5.74) is 5.02. The van der Waals surface area contributed by atoms with E-state index in [-0.39, 0.29) is 18.3 Å². The molecule has 0 saturated heterocycles. The van der Waals surface area contributed by atoms with Crippen LogP contribution in [0.5, 0.6) is 0 Å². The predicted molar refractivity (Wildman–Crippen MR) is 67.9 cm³/mol. The van der Waals surface area contributed by atoms with E-state index in [1.165, 1.54) is 35.4 Å². The second-order valence-corrected chi connectivity index (χ2v) is 4.97. The normalized spacial score (nSPS) is 10.6. The van der Waals surface area contributed by atoms with Crippen molar-refractivity contribution in [3.05, 3.63) is 35.0 Å². The molecule has 1 aromatic heterocycles. The number of carbonyl (C=O) groups excluding carboxylic acids is 2. The number of benzene rings is 1. The van der Waals surface area contributed by atoms with Gasteiger partial charge in [-0.2, -0.15) is 0 Å². The summed E-state index contributed by atoms with van der Waals surface area (Å²) in [5.74, 6) is -1.28. The number of halogens is 1. The van der Waals surface area contributed by atoms with Gasteiger partial charge in [-0.25, -0.2) is 4.39 Å². The molecule has 2 rings (SSSR count). The van der Waals surface area contributed by atoms with Crippen LogP contribution in [0.1, 0.15) is 9.67 Å². The van der Waals surface area contributed by atoms with Gasteiger partial charge in [0.15, 0.2) is 0 Å². The zero-order valence-electron chi connectivity index (χ0n) is 9.64. The molecule has 0 aliphatic rings. The van der Waals surface area contributed by atoms with Crippen molar-refractivity contribution in [1.29, 1.82) is 0 Å². The van der Waals surface area contributed by atoms with E-state index < -0.39 is 5.91 Å². The van der Waals surface area contributed by atoms with Crippen molar-refractivity contribution in [3.63, 3.8) is 0 Å². The summed E-state index contributed by atoms with van der Waals surface area (Å²) in [7, 11) is 1.48. The van der Waals surface area contributed by atoms with Gasteiger partial charge in [0.25, 0.3) is 5.91 Å². The summed E-state index contributed by atoms with van der Waals surface area (Å²) in [6.45, 7) is -0.157. The lowest BCUT2D eigenvalue weighted by Gasteiger charge is -2.13. The van der Waals surface area contributed by atoms with E-state index in [1.807, 2.05) is 0 Å². The Morgan fingerprint density at radius 3 is 2.78 bits per heavy atom. The van der Waals surface area contributed by atoms with Crippen LogP contribution in [0.4, 0.5) is 4.39 Å². The number of carbonyl (C=O) groups is 2. The highest BCUT2D eigenvalue weighted by atomic mass is 32.1. The minimum atomic E-state index is -0.585. The second-order valence-electron chi connectivity index (χ2n) is 3.89. The van der Waals surface area contributed by atoms with Crippen LogP contribution in [0.15, 0.2) is 24.3 Å². The number of hydrogen-bond acceptors (Lipinski definition) is 3. The molecule has 2 N–H and O–H groups in total. The molecule has 18 heavy (non-hydrogen) atoms. The highest BCUT2D eigenvalue weighted by Crippen LogP contribution is 2.28. The molecule has 1 heterocycles. The average molecular weight is 266 g/mol. The molecule has 94 valence electrons. The van der Waals surface area contributed by atoms with Gasteiger partial charge in [0.05, 0.1) is 11.4 Å². The van der Waals surface area contributed by atoms with Crippen LogP contribution in [-0.2, 0) is 4.79 Å². The molecule has 6 heteroatoms. The highest BCUT2D eigenvalue weighted by molar-refractivity contribution is 7.20. The van der Waals surface area contributed by atoms with Crippen LogP contribution in [0.3, 0.4) is 0 Å². The van der Waals surface area contributed by atoms with Crippen molar-refractivity contribution >= 4 is 33.2 Å². The minimum Gasteiger partial charge on any atom is -0.368 e. The van der Waals surface area contributed by atoms with E-state index in [1.54, 1.807) is 12.1 Å². The molecule has 0 bridgehead atoms. The fourth-order valence-electron chi connectivity index (χ4n) is 1.62. The molecule has 1 aromatic carbocycles. The number of thiophene rings is 1. The molecule has 4 nitrogen and oxygen atoms in total. The van der Waals surface area contributed by atoms with E-state index in [9.17, 15) is 14.0 Å². The van der Waals surface area contributed by atoms with Crippen LogP contribution in [0, 0.1) is 5.82 Å². The Morgan fingerprint density at radius 2 is 2.17 bits per heavy atom. The lowest BCUT2D eigenvalue weighted by Crippen LogP contribution is -2.34. The SMILES string of the molecule is CN(CC(N)=O)C(=O)c1cc2c(F)cccc2s1. The van der Waals surface area contributed by atoms with Crippen molar-refractivity contribution in [1.82, 2.24) is 4.90 Å². The Morgan fingerprint density at radius 1 is 1.44 bits per heavy atom. The number of likely N-dealkylation sites (N-methyl/N-ethyl adjacent to an activating group) is 1. The average Bonchev–Trinajstić information content (AvgIpc) is 2.72. The van der Waals surface area contributed by atoms with Crippen LogP contribution in [0.25, 0.3) is 10.1 Å². The Hall–Kier alpha value is -1.95. The third-order valence-electron chi connectivity index (χ3n) is 2.46. The van der Waals surface area contributed by atoms with Gasteiger partial charge < -0.3 is 10.6 Å². The summed E-state index contributed by atoms with van der Waals surface area (Å²) >= 11 is 1.19. The molecule has 0 unspecified atom stereocenters. The summed E-state index contributed by atoms with van der Waals surface area (Å²) in [6, 6.07) is 6.18. The van der Waals surface area contributed by atoms with Gasteiger partial charge in [-0.1, -0.05) is 6.07 Å². The fraction of sp³-hybridized carbons (Fsp3) is 0.167. The number of nitrogens with two attached hydrogens (primary N) is 1. The third-order valence-corrected chi connectivity index (χ3v) is 3.55. The van der Waals surface area contributed by atoms with E-state index in [4.69, 9.17) is 5.73 Å². The third kappa shape index (κ3) is 2.33. The van der Waals surface area contributed by atoms with Gasteiger partial charge in [-0.3, -0.25) is 9.59 Å². The van der Waals surface area contributed by atoms with Crippen molar-refractivity contribution in [2.24, 2.45) is 5.73 Å². The summed E-state index contributed by atoms with van der Waals surface area (Å²) in [4.78, 5) is 24.3. The smallest absolute Gasteiger partial charge is 0.264 e. The largest absolute Gasteiger partial charge is 0.368 e. The van der Waals surface area contributed by atoms with E-state index >= 15 is 0 Å². The second kappa shape index (κ2) is 4.73. The van der Waals surface area contributed by atoms with Crippen molar-refractivity contribution in [3.8, 4) is 0 Å². The van der Waals surface area contributed by atoms with Gasteiger partial charge >= 0.3 is 0 Å². The molecule has 0 atom stereocenters. The zero-order valence-corrected chi connectivity index (χ0v) is 10.5. The first-order valence-electron chi connectivity index (χ1n) is 5.21. The molecular formula is C12H11FN2O2S. The maximum Gasteiger partial charge on any atom is 0.264 e. The number of amides is 2. The summed E-state index contributed by atoms with van der Waals surface area (Å²) < 4.78 is 14.2. The molecule has 0 fully saturated rings. The zero-order chi connectivity index (χ0) is 13.3. The maximum absolute atomic E-state index is 13.5. The van der Waals surface area contributed by atoms with Crippen LogP contribution < -0.4 is 5.73 Å². The van der Waals surface area contributed by atoms with E-state index in [0.29, 0.717) is 15.0 Å². The van der Waals surface area contributed by atoms with Crippen LogP contribution in [0.2, 0.25) is 0 Å². The van der Waals surface area contributed by atoms with Crippen LogP contribution >= 0.6 is 11.3 Å². The summed E-state index contributed by atoms with van der Waals surface area (Å²) in [6.07, 6.45) is 0. The quantitative estimate of drug-likeness (QED) is 0.917. The Kier molecular flexibility index (Phi) is 3.29. The first-order chi connectivity index (χ1) is 8.49. The Balaban J connectivity index is 2.34. The lowest BCUT2D eigenvalue weighted by molar-refractivity contribution is -0.118. The van der Waals surface area contributed by atoms with E-state index in [0.717, 1.165) is 0 Å². The maximum atomic E-state index is 13.5. The molecule has 0 aliphatic heterocycles. The molecular weight excluding hydrogens is 255 g/mol. The number of hydrogen-bond donors (Lipinski definition) is 1. The molecule has 0 aliphatic carbocycles. The Bertz CT molecular complexity index is 624. The van der Waals surface area contributed by atoms with Crippen molar-refractivity contribution in [2.45, 2.75) is 0 Å². The van der Waals surface area contributed by atoms with Gasteiger partial charge in [0.1, 0.15) is 5.82 Å². The molecule has 2 aromatic rings. The standard InChI is InChI=1S/C12H11FN2O2S/c1-15(6-11(14)16)12(17)10-5-7-8(13)3-2-4-9(7)18-10/h2-5H,6H2,1H3,(H2,14,16). The Labute approximate surface area is 107 Å². The lowest BCUT2D eigenvalue weighted by atomic mass is 10.2. The van der Waals surface area contributed by atoms with E-state index in [2.05, 4.69) is 0 Å². The van der Waals surface area contributed by atoms with Gasteiger partial charge in [-0.05, 0) is 18.2 Å². The highest BCUT2D eigenvalue weighted by Gasteiger charge is 2.17. The van der Waals surface area contributed by atoms with Gasteiger partial charge in [-0.15, -0.1) is 11.3 Å². The molecule has 0 spiro atoms. The molecule has 0 radical (unpaired) electrons. The molecule has 2 amide bonds. The fourth-order valence-corrected chi connectivity index (χ4v) is 2.69. The van der Waals surface area contributed by atoms with Crippen molar-refractivity contribution < 1.29 is 14.0 Å². The van der Waals surface area contributed by atoms with Gasteiger partial charge in [0, 0.05) is 17.1 Å². The van der Waals surface area contributed by atoms with Crippen molar-refractivity contribution in [2.75, 3.05) is 13.6 Å².